The molecule has 22 heavy (non-hydrogen) atoms. The van der Waals surface area contributed by atoms with Crippen LogP contribution in [0.15, 0.2) is 26.7 Å². The number of carbonyl (C=O) groups is 1. The number of carbonyl (C=O) groups excluding carboxylic acids is 1. The van der Waals surface area contributed by atoms with E-state index < -0.39 is 5.76 Å². The Hall–Kier alpha value is -1.93. The first-order valence-corrected chi connectivity index (χ1v) is 8.02. The van der Waals surface area contributed by atoms with E-state index in [0.29, 0.717) is 25.6 Å². The molecule has 1 amide bonds. The summed E-state index contributed by atoms with van der Waals surface area (Å²) in [5, 5.41) is 6.03. The van der Waals surface area contributed by atoms with Gasteiger partial charge in [0, 0.05) is 13.0 Å². The average Bonchev–Trinajstić information content (AvgIpc) is 3.15. The maximum Gasteiger partial charge on any atom is 0.437 e. The van der Waals surface area contributed by atoms with Crippen LogP contribution in [0.2, 0.25) is 0 Å². The number of aryl methyl sites for hydroxylation is 1. The fourth-order valence-corrected chi connectivity index (χ4v) is 3.03. The third kappa shape index (κ3) is 3.12. The van der Waals surface area contributed by atoms with Crippen molar-refractivity contribution in [1.29, 1.82) is 0 Å². The van der Waals surface area contributed by atoms with Gasteiger partial charge in [-0.25, -0.2) is 4.79 Å². The van der Waals surface area contributed by atoms with Crippen molar-refractivity contribution in [1.82, 2.24) is 14.7 Å². The molecule has 1 atom stereocenters. The Morgan fingerprint density at radius 2 is 2.41 bits per heavy atom. The summed E-state index contributed by atoms with van der Waals surface area (Å²) in [7, 11) is 0. The molecule has 8 heteroatoms. The zero-order chi connectivity index (χ0) is 15.5. The van der Waals surface area contributed by atoms with Crippen LogP contribution in [0.5, 0.6) is 0 Å². The van der Waals surface area contributed by atoms with E-state index in [9.17, 15) is 9.59 Å². The smallest absolute Gasteiger partial charge is 0.387 e. The second-order valence-corrected chi connectivity index (χ2v) is 6.08. The van der Waals surface area contributed by atoms with Gasteiger partial charge in [-0.2, -0.15) is 4.68 Å². The molecule has 1 aliphatic heterocycles. The topological polar surface area (TPSA) is 77.6 Å². The van der Waals surface area contributed by atoms with Crippen LogP contribution < -0.4 is 5.76 Å². The highest BCUT2D eigenvalue weighted by molar-refractivity contribution is 7.13. The summed E-state index contributed by atoms with van der Waals surface area (Å²) in [6.07, 6.45) is 0.223. The number of morpholine rings is 1. The number of rotatable bonds is 4. The molecule has 2 aromatic heterocycles. The van der Waals surface area contributed by atoms with Crippen molar-refractivity contribution in [2.24, 2.45) is 0 Å². The largest absolute Gasteiger partial charge is 0.437 e. The van der Waals surface area contributed by atoms with Crippen LogP contribution in [0, 0.1) is 0 Å². The molecule has 3 rings (SSSR count). The minimum Gasteiger partial charge on any atom is -0.387 e. The van der Waals surface area contributed by atoms with Gasteiger partial charge in [0.1, 0.15) is 0 Å². The summed E-state index contributed by atoms with van der Waals surface area (Å²) >= 11 is 1.45. The highest BCUT2D eigenvalue weighted by Gasteiger charge is 2.23. The average molecular weight is 323 g/mol. The molecule has 1 aliphatic rings. The molecule has 1 fully saturated rings. The molecule has 118 valence electrons. The molecule has 3 heterocycles. The van der Waals surface area contributed by atoms with Gasteiger partial charge >= 0.3 is 5.76 Å². The SMILES string of the molecule is CC1COCCN1C(=O)CCn1nc(-c2cccs2)oc1=O. The first-order valence-electron chi connectivity index (χ1n) is 7.14. The molecule has 0 spiro atoms. The number of hydrogen-bond donors (Lipinski definition) is 0. The Bertz CT molecular complexity index is 691. The molecule has 1 unspecified atom stereocenters. The third-order valence-electron chi connectivity index (χ3n) is 3.56. The minimum absolute atomic E-state index is 0.00312. The van der Waals surface area contributed by atoms with Crippen molar-refractivity contribution >= 4 is 17.2 Å². The summed E-state index contributed by atoms with van der Waals surface area (Å²) < 4.78 is 11.6. The molecular weight excluding hydrogens is 306 g/mol. The number of thiophene rings is 1. The van der Waals surface area contributed by atoms with Crippen LogP contribution in [0.1, 0.15) is 13.3 Å². The van der Waals surface area contributed by atoms with E-state index in [2.05, 4.69) is 5.10 Å². The number of aromatic nitrogens is 2. The minimum atomic E-state index is -0.536. The molecule has 0 radical (unpaired) electrons. The van der Waals surface area contributed by atoms with Crippen molar-refractivity contribution < 1.29 is 13.9 Å². The molecule has 2 aromatic rings. The molecule has 0 bridgehead atoms. The van der Waals surface area contributed by atoms with Crippen molar-refractivity contribution in [2.45, 2.75) is 25.9 Å². The Kier molecular flexibility index (Phi) is 4.39. The number of hydrogen-bond acceptors (Lipinski definition) is 6. The van der Waals surface area contributed by atoms with Crippen molar-refractivity contribution in [3.05, 3.63) is 28.1 Å². The highest BCUT2D eigenvalue weighted by atomic mass is 32.1. The lowest BCUT2D eigenvalue weighted by molar-refractivity contribution is -0.139. The summed E-state index contributed by atoms with van der Waals surface area (Å²) in [5.74, 6) is -0.234. The quantitative estimate of drug-likeness (QED) is 0.845. The first kappa shape index (κ1) is 15.0. The lowest BCUT2D eigenvalue weighted by atomic mass is 10.2. The van der Waals surface area contributed by atoms with Gasteiger partial charge in [0.25, 0.3) is 5.89 Å². The van der Waals surface area contributed by atoms with Gasteiger partial charge in [-0.05, 0) is 18.4 Å². The van der Waals surface area contributed by atoms with Gasteiger partial charge in [0.15, 0.2) is 0 Å². The molecule has 0 aliphatic carbocycles. The fourth-order valence-electron chi connectivity index (χ4n) is 2.39. The number of amides is 1. The zero-order valence-electron chi connectivity index (χ0n) is 12.2. The molecule has 0 saturated carbocycles. The Balaban J connectivity index is 1.64. The Morgan fingerprint density at radius 1 is 1.55 bits per heavy atom. The molecule has 0 aromatic carbocycles. The third-order valence-corrected chi connectivity index (χ3v) is 4.42. The summed E-state index contributed by atoms with van der Waals surface area (Å²) in [4.78, 5) is 26.6. The van der Waals surface area contributed by atoms with Gasteiger partial charge in [-0.15, -0.1) is 16.4 Å². The van der Waals surface area contributed by atoms with E-state index in [-0.39, 0.29) is 24.9 Å². The second kappa shape index (κ2) is 6.45. The van der Waals surface area contributed by atoms with Gasteiger partial charge in [0.05, 0.1) is 30.7 Å². The van der Waals surface area contributed by atoms with Gasteiger partial charge in [-0.1, -0.05) is 6.07 Å². The van der Waals surface area contributed by atoms with Crippen molar-refractivity contribution in [2.75, 3.05) is 19.8 Å². The monoisotopic (exact) mass is 323 g/mol. The van der Waals surface area contributed by atoms with E-state index in [1.165, 1.54) is 16.0 Å². The van der Waals surface area contributed by atoms with E-state index in [1.807, 2.05) is 24.4 Å². The number of ether oxygens (including phenoxy) is 1. The van der Waals surface area contributed by atoms with Gasteiger partial charge in [0.2, 0.25) is 5.91 Å². The van der Waals surface area contributed by atoms with E-state index >= 15 is 0 Å². The maximum absolute atomic E-state index is 12.2. The lowest BCUT2D eigenvalue weighted by Gasteiger charge is -2.33. The normalized spacial score (nSPS) is 18.6. The van der Waals surface area contributed by atoms with Crippen LogP contribution in [-0.2, 0) is 16.1 Å². The van der Waals surface area contributed by atoms with Gasteiger partial charge < -0.3 is 14.1 Å². The van der Waals surface area contributed by atoms with Gasteiger partial charge in [-0.3, -0.25) is 4.79 Å². The summed E-state index contributed by atoms with van der Waals surface area (Å²) in [5.41, 5.74) is 0. The zero-order valence-corrected chi connectivity index (χ0v) is 13.0. The van der Waals surface area contributed by atoms with E-state index in [1.54, 1.807) is 4.90 Å². The lowest BCUT2D eigenvalue weighted by Crippen LogP contribution is -2.47. The predicted octanol–water partition coefficient (Wildman–Crippen LogP) is 1.20. The van der Waals surface area contributed by atoms with Crippen LogP contribution in [0.4, 0.5) is 0 Å². The highest BCUT2D eigenvalue weighted by Crippen LogP contribution is 2.21. The second-order valence-electron chi connectivity index (χ2n) is 5.13. The molecule has 1 saturated heterocycles. The maximum atomic E-state index is 12.2. The summed E-state index contributed by atoms with van der Waals surface area (Å²) in [6.45, 7) is 3.87. The predicted molar refractivity (Wildman–Crippen MR) is 80.7 cm³/mol. The van der Waals surface area contributed by atoms with Crippen LogP contribution in [0.3, 0.4) is 0 Å². The Morgan fingerprint density at radius 3 is 3.14 bits per heavy atom. The van der Waals surface area contributed by atoms with E-state index in [4.69, 9.17) is 9.15 Å². The van der Waals surface area contributed by atoms with E-state index in [0.717, 1.165) is 4.88 Å². The fraction of sp³-hybridized carbons (Fsp3) is 0.500. The standard InChI is InChI=1S/C14H17N3O4S/c1-10-9-20-7-6-16(10)12(18)4-5-17-14(19)21-13(15-17)11-3-2-8-22-11/h2-3,8,10H,4-7,9H2,1H3. The van der Waals surface area contributed by atoms with Crippen LogP contribution in [0.25, 0.3) is 10.8 Å². The molecule has 7 nitrogen and oxygen atoms in total. The van der Waals surface area contributed by atoms with Crippen LogP contribution in [-0.4, -0.2) is 46.4 Å². The molecular formula is C14H17N3O4S. The van der Waals surface area contributed by atoms with Crippen molar-refractivity contribution in [3.8, 4) is 10.8 Å². The number of nitrogens with zero attached hydrogens (tertiary/aromatic N) is 3. The van der Waals surface area contributed by atoms with Crippen LogP contribution >= 0.6 is 11.3 Å². The van der Waals surface area contributed by atoms with Crippen molar-refractivity contribution in [3.63, 3.8) is 0 Å². The summed E-state index contributed by atoms with van der Waals surface area (Å²) in [6, 6.07) is 3.76. The Labute approximate surface area is 131 Å². The first-order chi connectivity index (χ1) is 10.6. The molecule has 0 N–H and O–H groups in total.